The maximum atomic E-state index is 5.18. The molecule has 4 heteroatoms. The fourth-order valence-corrected chi connectivity index (χ4v) is 7.27. The molecule has 0 saturated heterocycles. The minimum Gasteiger partial charge on any atom is -0.278 e. The van der Waals surface area contributed by atoms with Crippen LogP contribution in [0.1, 0.15) is 0 Å². The van der Waals surface area contributed by atoms with Gasteiger partial charge in [-0.3, -0.25) is 4.57 Å². The van der Waals surface area contributed by atoms with Crippen molar-refractivity contribution in [1.82, 2.24) is 19.5 Å². The van der Waals surface area contributed by atoms with Gasteiger partial charge < -0.3 is 0 Å². The average Bonchev–Trinajstić information content (AvgIpc) is 3.37. The fourth-order valence-electron chi connectivity index (χ4n) is 7.27. The van der Waals surface area contributed by atoms with Crippen molar-refractivity contribution in [2.45, 2.75) is 0 Å². The Morgan fingerprint density at radius 3 is 1.69 bits per heavy atom. The summed E-state index contributed by atoms with van der Waals surface area (Å²) in [5, 5.41) is 7.42. The summed E-state index contributed by atoms with van der Waals surface area (Å²) in [5.74, 6) is 1.90. The van der Waals surface area contributed by atoms with Crippen molar-refractivity contribution in [2.24, 2.45) is 0 Å². The number of fused-ring (bicyclic) bond motifs is 4. The molecule has 2 aromatic heterocycles. The van der Waals surface area contributed by atoms with Crippen molar-refractivity contribution < 1.29 is 0 Å². The van der Waals surface area contributed by atoms with Crippen LogP contribution >= 0.6 is 0 Å². The van der Waals surface area contributed by atoms with E-state index < -0.39 is 0 Å². The zero-order valence-electron chi connectivity index (χ0n) is 24.1. The quantitative estimate of drug-likeness (QED) is 0.212. The van der Waals surface area contributed by atoms with Gasteiger partial charge in [-0.05, 0) is 50.4 Å². The van der Waals surface area contributed by atoms with Gasteiger partial charge in [0, 0.05) is 27.5 Å². The third kappa shape index (κ3) is 3.45. The molecule has 0 radical (unpaired) electrons. The minimum atomic E-state index is 0.605. The molecule has 0 fully saturated rings. The van der Waals surface area contributed by atoms with Crippen LogP contribution in [0.5, 0.6) is 0 Å². The monoisotopic (exact) mass is 572 g/mol. The zero-order chi connectivity index (χ0) is 29.5. The molecule has 0 N–H and O–H groups in total. The number of nitrogens with zero attached hydrogens (tertiary/aromatic N) is 4. The van der Waals surface area contributed by atoms with Crippen LogP contribution in [0.25, 0.3) is 94.3 Å². The predicted molar refractivity (Wildman–Crippen MR) is 184 cm³/mol. The first-order valence-electron chi connectivity index (χ1n) is 15.2. The highest BCUT2D eigenvalue weighted by Gasteiger charge is 2.27. The van der Waals surface area contributed by atoms with E-state index in [9.17, 15) is 0 Å². The Kier molecular flexibility index (Phi) is 4.96. The lowest BCUT2D eigenvalue weighted by Gasteiger charge is -2.15. The Morgan fingerprint density at radius 1 is 0.400 bits per heavy atom. The number of hydrogen-bond acceptors (Lipinski definition) is 3. The van der Waals surface area contributed by atoms with Gasteiger partial charge in [0.25, 0.3) is 0 Å². The molecule has 4 nitrogen and oxygen atoms in total. The lowest BCUT2D eigenvalue weighted by atomic mass is 9.91. The van der Waals surface area contributed by atoms with Crippen LogP contribution in [0, 0.1) is 0 Å². The van der Waals surface area contributed by atoms with Gasteiger partial charge in [0.05, 0.1) is 11.0 Å². The third-order valence-electron chi connectivity index (χ3n) is 9.15. The van der Waals surface area contributed by atoms with E-state index in [1.54, 1.807) is 0 Å². The summed E-state index contributed by atoms with van der Waals surface area (Å²) < 4.78 is 2.25. The van der Waals surface area contributed by atoms with Gasteiger partial charge >= 0.3 is 0 Å². The third-order valence-corrected chi connectivity index (χ3v) is 9.15. The fraction of sp³-hybridized carbons (Fsp3) is 0. The van der Waals surface area contributed by atoms with E-state index in [4.69, 9.17) is 15.0 Å². The van der Waals surface area contributed by atoms with E-state index in [1.165, 1.54) is 54.6 Å². The van der Waals surface area contributed by atoms with Gasteiger partial charge in [0.15, 0.2) is 11.6 Å². The van der Waals surface area contributed by atoms with E-state index in [0.717, 1.165) is 22.2 Å². The van der Waals surface area contributed by atoms with E-state index in [2.05, 4.69) is 114 Å². The molecule has 9 aromatic rings. The van der Waals surface area contributed by atoms with Crippen molar-refractivity contribution in [1.29, 1.82) is 0 Å². The number of benzene rings is 7. The van der Waals surface area contributed by atoms with Crippen LogP contribution < -0.4 is 0 Å². The van der Waals surface area contributed by atoms with Gasteiger partial charge in [-0.15, -0.1) is 0 Å². The van der Waals surface area contributed by atoms with E-state index in [1.807, 2.05) is 36.4 Å². The molecule has 1 aliphatic carbocycles. The van der Waals surface area contributed by atoms with Gasteiger partial charge in [-0.25, -0.2) is 4.98 Å². The molecule has 45 heavy (non-hydrogen) atoms. The molecule has 0 bridgehead atoms. The van der Waals surface area contributed by atoms with E-state index in [-0.39, 0.29) is 0 Å². The highest BCUT2D eigenvalue weighted by Crippen LogP contribution is 2.51. The molecule has 2 heterocycles. The molecule has 208 valence electrons. The Morgan fingerprint density at radius 2 is 0.978 bits per heavy atom. The van der Waals surface area contributed by atoms with Crippen molar-refractivity contribution in [3.05, 3.63) is 146 Å². The van der Waals surface area contributed by atoms with Crippen molar-refractivity contribution >= 4 is 43.4 Å². The first-order valence-corrected chi connectivity index (χ1v) is 15.2. The molecule has 10 rings (SSSR count). The van der Waals surface area contributed by atoms with Crippen LogP contribution in [0.2, 0.25) is 0 Å². The van der Waals surface area contributed by atoms with Crippen LogP contribution in [0.4, 0.5) is 0 Å². The maximum absolute atomic E-state index is 5.18. The number of rotatable bonds is 3. The molecule has 0 atom stereocenters. The van der Waals surface area contributed by atoms with Crippen LogP contribution in [0.3, 0.4) is 0 Å². The number of hydrogen-bond donors (Lipinski definition) is 0. The first-order chi connectivity index (χ1) is 22.3. The topological polar surface area (TPSA) is 43.6 Å². The summed E-state index contributed by atoms with van der Waals surface area (Å²) in [5.41, 5.74) is 9.05. The standard InChI is InChI=1S/C41H24N4/c1-3-12-26(13-4-1)39-42-40(27-14-5-2-6-15-27)44-41(43-39)45-33-23-11-21-31-30-20-9-17-25-18-10-22-32(35(25)30)36-29-19-8-7-16-28(29)24-34(45)38(36)37(31)33/h1-24H. The Labute approximate surface area is 258 Å². The normalized spacial score (nSPS) is 12.0. The summed E-state index contributed by atoms with van der Waals surface area (Å²) >= 11 is 0. The summed E-state index contributed by atoms with van der Waals surface area (Å²) in [4.78, 5) is 15.3. The highest BCUT2D eigenvalue weighted by atomic mass is 15.2. The second kappa shape index (κ2) is 9.18. The zero-order valence-corrected chi connectivity index (χ0v) is 24.1. The summed E-state index contributed by atoms with van der Waals surface area (Å²) in [7, 11) is 0. The van der Waals surface area contributed by atoms with E-state index in [0.29, 0.717) is 17.6 Å². The number of aromatic nitrogens is 4. The van der Waals surface area contributed by atoms with Crippen LogP contribution in [-0.4, -0.2) is 19.5 Å². The molecule has 0 unspecified atom stereocenters. The second-order valence-electron chi connectivity index (χ2n) is 11.6. The molecule has 0 aliphatic heterocycles. The van der Waals surface area contributed by atoms with Gasteiger partial charge in [0.2, 0.25) is 5.95 Å². The second-order valence-corrected chi connectivity index (χ2v) is 11.6. The van der Waals surface area contributed by atoms with Crippen LogP contribution in [-0.2, 0) is 0 Å². The van der Waals surface area contributed by atoms with Crippen LogP contribution in [0.15, 0.2) is 146 Å². The highest BCUT2D eigenvalue weighted by molar-refractivity contribution is 6.31. The van der Waals surface area contributed by atoms with Gasteiger partial charge in [-0.1, -0.05) is 133 Å². The lowest BCUT2D eigenvalue weighted by molar-refractivity contribution is 0.954. The summed E-state index contributed by atoms with van der Waals surface area (Å²) in [6.45, 7) is 0. The Balaban J connectivity index is 1.41. The lowest BCUT2D eigenvalue weighted by Crippen LogP contribution is -2.06. The molecular formula is C41H24N4. The summed E-state index contributed by atoms with van der Waals surface area (Å²) in [6.07, 6.45) is 0. The van der Waals surface area contributed by atoms with Crippen molar-refractivity contribution in [3.63, 3.8) is 0 Å². The largest absolute Gasteiger partial charge is 0.278 e. The Hall–Kier alpha value is -6.13. The summed E-state index contributed by atoms with van der Waals surface area (Å²) in [6, 6.07) is 51.4. The molecule has 0 spiro atoms. The van der Waals surface area contributed by atoms with Crippen molar-refractivity contribution in [2.75, 3.05) is 0 Å². The Bertz CT molecular complexity index is 2570. The van der Waals surface area contributed by atoms with Crippen molar-refractivity contribution in [3.8, 4) is 51.0 Å². The van der Waals surface area contributed by atoms with Gasteiger partial charge in [-0.2, -0.15) is 9.97 Å². The first kappa shape index (κ1) is 24.3. The molecule has 0 amide bonds. The van der Waals surface area contributed by atoms with E-state index >= 15 is 0 Å². The average molecular weight is 573 g/mol. The maximum Gasteiger partial charge on any atom is 0.238 e. The molecular weight excluding hydrogens is 548 g/mol. The predicted octanol–water partition coefficient (Wildman–Crippen LogP) is 10.3. The smallest absolute Gasteiger partial charge is 0.238 e. The molecule has 0 saturated carbocycles. The van der Waals surface area contributed by atoms with Gasteiger partial charge in [0.1, 0.15) is 0 Å². The molecule has 1 aliphatic rings. The minimum absolute atomic E-state index is 0.605. The molecule has 7 aromatic carbocycles. The SMILES string of the molecule is c1ccc(-c2nc(-c3ccccc3)nc(-n3c4cccc5c4c4c(c6ccccc6cc43)-c3cccc4cccc-5c34)n2)cc1.